The fourth-order valence-corrected chi connectivity index (χ4v) is 4.48. The quantitative estimate of drug-likeness (QED) is 0.809. The number of piperidine rings is 1. The molecule has 1 aromatic heterocycles. The van der Waals surface area contributed by atoms with Gasteiger partial charge in [0.05, 0.1) is 17.1 Å². The molecule has 1 aromatic carbocycles. The Balaban J connectivity index is 1.82. The molecule has 0 unspecified atom stereocenters. The molecule has 120 valence electrons. The summed E-state index contributed by atoms with van der Waals surface area (Å²) in [6.07, 6.45) is 2.40. The SMILES string of the molecule is Cc1ccc2c(c1)N=C(C1CCN(C)CC1)c1cc(C)sc1N2. The summed E-state index contributed by atoms with van der Waals surface area (Å²) in [6, 6.07) is 8.82. The van der Waals surface area contributed by atoms with Crippen LogP contribution in [0.25, 0.3) is 0 Å². The van der Waals surface area contributed by atoms with Crippen LogP contribution < -0.4 is 5.32 Å². The highest BCUT2D eigenvalue weighted by atomic mass is 32.1. The van der Waals surface area contributed by atoms with Crippen LogP contribution in [0, 0.1) is 19.8 Å². The van der Waals surface area contributed by atoms with Crippen LogP contribution in [0.15, 0.2) is 29.3 Å². The summed E-state index contributed by atoms with van der Waals surface area (Å²) >= 11 is 1.84. The minimum atomic E-state index is 0.562. The molecule has 0 saturated carbocycles. The third-order valence-electron chi connectivity index (χ3n) is 4.88. The predicted octanol–water partition coefficient (Wildman–Crippen LogP) is 4.88. The normalized spacial score (nSPS) is 18.7. The van der Waals surface area contributed by atoms with Gasteiger partial charge in [-0.1, -0.05) is 6.07 Å². The summed E-state index contributed by atoms with van der Waals surface area (Å²) in [6.45, 7) is 6.64. The zero-order chi connectivity index (χ0) is 16.0. The van der Waals surface area contributed by atoms with Gasteiger partial charge >= 0.3 is 0 Å². The molecule has 0 amide bonds. The number of aliphatic imine (C=N–C) groups is 1. The van der Waals surface area contributed by atoms with E-state index < -0.39 is 0 Å². The van der Waals surface area contributed by atoms with Crippen molar-refractivity contribution in [2.24, 2.45) is 10.9 Å². The van der Waals surface area contributed by atoms with Gasteiger partial charge in [-0.2, -0.15) is 0 Å². The number of aryl methyl sites for hydroxylation is 2. The van der Waals surface area contributed by atoms with Gasteiger partial charge in [0.15, 0.2) is 0 Å². The van der Waals surface area contributed by atoms with E-state index in [1.165, 1.54) is 39.6 Å². The zero-order valence-corrected chi connectivity index (χ0v) is 14.8. The largest absolute Gasteiger partial charge is 0.345 e. The van der Waals surface area contributed by atoms with E-state index >= 15 is 0 Å². The van der Waals surface area contributed by atoms with Gasteiger partial charge in [0.1, 0.15) is 5.00 Å². The molecule has 0 atom stereocenters. The van der Waals surface area contributed by atoms with Crippen LogP contribution in [0.2, 0.25) is 0 Å². The molecule has 23 heavy (non-hydrogen) atoms. The van der Waals surface area contributed by atoms with Gasteiger partial charge in [0.25, 0.3) is 0 Å². The van der Waals surface area contributed by atoms with E-state index in [4.69, 9.17) is 4.99 Å². The lowest BCUT2D eigenvalue weighted by Gasteiger charge is -2.29. The maximum absolute atomic E-state index is 5.15. The maximum Gasteiger partial charge on any atom is 0.102 e. The van der Waals surface area contributed by atoms with Crippen LogP contribution in [0.4, 0.5) is 16.4 Å². The van der Waals surface area contributed by atoms with Crippen molar-refractivity contribution in [1.29, 1.82) is 0 Å². The summed E-state index contributed by atoms with van der Waals surface area (Å²) in [5.74, 6) is 0.562. The molecular weight excluding hydrogens is 302 g/mol. The number of thiophene rings is 1. The second-order valence-electron chi connectivity index (χ2n) is 6.82. The maximum atomic E-state index is 5.15. The Hall–Kier alpha value is -1.65. The zero-order valence-electron chi connectivity index (χ0n) is 14.0. The number of fused-ring (bicyclic) bond motifs is 2. The average Bonchev–Trinajstić information content (AvgIpc) is 2.82. The van der Waals surface area contributed by atoms with Gasteiger partial charge in [-0.05, 0) is 70.6 Å². The van der Waals surface area contributed by atoms with Gasteiger partial charge in [0, 0.05) is 16.4 Å². The first-order valence-corrected chi connectivity index (χ1v) is 9.17. The van der Waals surface area contributed by atoms with E-state index in [1.54, 1.807) is 0 Å². The monoisotopic (exact) mass is 325 g/mol. The molecule has 1 saturated heterocycles. The Labute approximate surface area is 142 Å². The number of hydrogen-bond acceptors (Lipinski definition) is 4. The van der Waals surface area contributed by atoms with E-state index in [-0.39, 0.29) is 0 Å². The molecule has 2 aliphatic heterocycles. The first-order chi connectivity index (χ1) is 11.1. The molecule has 0 radical (unpaired) electrons. The lowest BCUT2D eigenvalue weighted by Crippen LogP contribution is -2.33. The summed E-state index contributed by atoms with van der Waals surface area (Å²) in [7, 11) is 2.21. The molecule has 2 aliphatic rings. The smallest absolute Gasteiger partial charge is 0.102 e. The number of hydrogen-bond donors (Lipinski definition) is 1. The number of rotatable bonds is 1. The van der Waals surface area contributed by atoms with Crippen molar-refractivity contribution < 1.29 is 0 Å². The Morgan fingerprint density at radius 2 is 1.96 bits per heavy atom. The fourth-order valence-electron chi connectivity index (χ4n) is 3.54. The third-order valence-corrected chi connectivity index (χ3v) is 5.84. The first kappa shape index (κ1) is 14.9. The molecule has 2 aromatic rings. The van der Waals surface area contributed by atoms with Crippen LogP contribution in [-0.2, 0) is 0 Å². The van der Waals surface area contributed by atoms with Crippen molar-refractivity contribution in [2.75, 3.05) is 25.5 Å². The first-order valence-electron chi connectivity index (χ1n) is 8.36. The molecule has 0 bridgehead atoms. The minimum Gasteiger partial charge on any atom is -0.345 e. The predicted molar refractivity (Wildman–Crippen MR) is 99.9 cm³/mol. The van der Waals surface area contributed by atoms with Crippen LogP contribution in [0.5, 0.6) is 0 Å². The van der Waals surface area contributed by atoms with Crippen molar-refractivity contribution in [2.45, 2.75) is 26.7 Å². The number of likely N-dealkylation sites (tertiary alicyclic amines) is 1. The Morgan fingerprint density at radius 1 is 1.17 bits per heavy atom. The Kier molecular flexibility index (Phi) is 3.74. The highest BCUT2D eigenvalue weighted by Gasteiger charge is 2.27. The molecule has 3 heterocycles. The number of nitrogens with one attached hydrogen (secondary N) is 1. The van der Waals surface area contributed by atoms with Crippen LogP contribution >= 0.6 is 11.3 Å². The molecule has 3 nitrogen and oxygen atoms in total. The lowest BCUT2D eigenvalue weighted by atomic mass is 9.88. The number of anilines is 2. The average molecular weight is 325 g/mol. The van der Waals surface area contributed by atoms with Gasteiger partial charge < -0.3 is 10.2 Å². The molecule has 4 heteroatoms. The molecule has 1 N–H and O–H groups in total. The topological polar surface area (TPSA) is 27.6 Å². The Bertz CT molecular complexity index is 767. The fraction of sp³-hybridized carbons (Fsp3) is 0.421. The van der Waals surface area contributed by atoms with Crippen LogP contribution in [0.1, 0.15) is 28.8 Å². The molecular formula is C19H23N3S. The number of nitrogens with zero attached hydrogens (tertiary/aromatic N) is 2. The van der Waals surface area contributed by atoms with Gasteiger partial charge in [-0.3, -0.25) is 4.99 Å². The third kappa shape index (κ3) is 2.81. The van der Waals surface area contributed by atoms with E-state index in [2.05, 4.69) is 55.4 Å². The standard InChI is InChI=1S/C19H23N3S/c1-12-4-5-16-17(10-12)20-18(14-6-8-22(3)9-7-14)15-11-13(2)23-19(15)21-16/h4-5,10-11,14,21H,6-9H2,1-3H3. The molecule has 1 fully saturated rings. The minimum absolute atomic E-state index is 0.562. The Morgan fingerprint density at radius 3 is 2.74 bits per heavy atom. The van der Waals surface area contributed by atoms with Crippen molar-refractivity contribution in [1.82, 2.24) is 4.90 Å². The van der Waals surface area contributed by atoms with Crippen molar-refractivity contribution in [3.63, 3.8) is 0 Å². The van der Waals surface area contributed by atoms with Crippen LogP contribution in [0.3, 0.4) is 0 Å². The van der Waals surface area contributed by atoms with E-state index in [9.17, 15) is 0 Å². The summed E-state index contributed by atoms with van der Waals surface area (Å²) < 4.78 is 0. The van der Waals surface area contributed by atoms with E-state index in [1.807, 2.05) is 11.3 Å². The van der Waals surface area contributed by atoms with Crippen LogP contribution in [-0.4, -0.2) is 30.7 Å². The van der Waals surface area contributed by atoms with Crippen molar-refractivity contribution in [3.05, 3.63) is 40.3 Å². The lowest BCUT2D eigenvalue weighted by molar-refractivity contribution is 0.252. The van der Waals surface area contributed by atoms with Gasteiger partial charge in [-0.25, -0.2) is 0 Å². The molecule has 0 aliphatic carbocycles. The van der Waals surface area contributed by atoms with Gasteiger partial charge in [-0.15, -0.1) is 11.3 Å². The van der Waals surface area contributed by atoms with E-state index in [0.29, 0.717) is 5.92 Å². The summed E-state index contributed by atoms with van der Waals surface area (Å²) in [5.41, 5.74) is 6.07. The van der Waals surface area contributed by atoms with E-state index in [0.717, 1.165) is 24.5 Å². The van der Waals surface area contributed by atoms with Crippen molar-refractivity contribution in [3.8, 4) is 0 Å². The highest BCUT2D eigenvalue weighted by Crippen LogP contribution is 2.41. The van der Waals surface area contributed by atoms with Crippen molar-refractivity contribution >= 4 is 33.4 Å². The second-order valence-corrected chi connectivity index (χ2v) is 8.08. The summed E-state index contributed by atoms with van der Waals surface area (Å²) in [4.78, 5) is 8.91. The van der Waals surface area contributed by atoms with Gasteiger partial charge in [0.2, 0.25) is 0 Å². The second kappa shape index (κ2) is 5.77. The highest BCUT2D eigenvalue weighted by molar-refractivity contribution is 7.16. The number of benzene rings is 1. The summed E-state index contributed by atoms with van der Waals surface area (Å²) in [5, 5.41) is 4.87. The molecule has 0 spiro atoms. The molecule has 4 rings (SSSR count).